The molecule has 3 aromatic carbocycles. The molecule has 49 heavy (non-hydrogen) atoms. The maximum atomic E-state index is 13.5. The summed E-state index contributed by atoms with van der Waals surface area (Å²) < 4.78 is 13.5. The third-order valence-corrected chi connectivity index (χ3v) is 8.00. The van der Waals surface area contributed by atoms with E-state index in [0.29, 0.717) is 35.5 Å². The summed E-state index contributed by atoms with van der Waals surface area (Å²) in [5, 5.41) is 15.8. The van der Waals surface area contributed by atoms with Crippen LogP contribution in [-0.4, -0.2) is 37.9 Å². The lowest BCUT2D eigenvalue weighted by Crippen LogP contribution is -2.21. The normalized spacial score (nSPS) is 11.3. The highest BCUT2D eigenvalue weighted by Gasteiger charge is 2.22. The molecule has 3 aromatic heterocycles. The molecule has 0 bridgehead atoms. The predicted molar refractivity (Wildman–Crippen MR) is 193 cm³/mol. The van der Waals surface area contributed by atoms with Crippen LogP contribution in [0.1, 0.15) is 50.2 Å². The van der Waals surface area contributed by atoms with Crippen LogP contribution in [0, 0.1) is 6.92 Å². The van der Waals surface area contributed by atoms with Crippen molar-refractivity contribution < 1.29 is 14.3 Å². The number of fused-ring (bicyclic) bond motifs is 1. The third kappa shape index (κ3) is 7.62. The van der Waals surface area contributed by atoms with Crippen molar-refractivity contribution in [3.8, 4) is 17.2 Å². The Morgan fingerprint density at radius 3 is 2.45 bits per heavy atom. The standard InChI is InChI=1S/C38H40N8O3/c1-7-26-21-39-22-35(41-26)43-34-19-25(16-17-40-34)23-49-32-15-13-30(28-10-8-9-11-29(28)32)42-37(47)44-36-20-33(38(3,4)5)45-46(36)27-12-14-31(48-6)24(2)18-27/h8-22H,7,23H2,1-6H3,(H,40,41,43)(H2,42,44,47). The number of anilines is 4. The molecule has 0 aliphatic heterocycles. The van der Waals surface area contributed by atoms with E-state index in [4.69, 9.17) is 14.6 Å². The van der Waals surface area contributed by atoms with Gasteiger partial charge in [-0.05, 0) is 66.9 Å². The second-order valence-corrected chi connectivity index (χ2v) is 12.7. The van der Waals surface area contributed by atoms with Gasteiger partial charge in [-0.2, -0.15) is 5.10 Å². The maximum absolute atomic E-state index is 13.5. The first-order valence-corrected chi connectivity index (χ1v) is 16.1. The number of hydrogen-bond donors (Lipinski definition) is 3. The van der Waals surface area contributed by atoms with Crippen molar-refractivity contribution in [3.05, 3.63) is 114 Å². The number of aromatic nitrogens is 5. The van der Waals surface area contributed by atoms with Gasteiger partial charge in [0.05, 0.1) is 36.1 Å². The number of ether oxygens (including phenoxy) is 2. The van der Waals surface area contributed by atoms with Crippen LogP contribution >= 0.6 is 0 Å². The van der Waals surface area contributed by atoms with E-state index in [-0.39, 0.29) is 5.41 Å². The van der Waals surface area contributed by atoms with Crippen molar-refractivity contribution in [3.63, 3.8) is 0 Å². The molecule has 11 nitrogen and oxygen atoms in total. The van der Waals surface area contributed by atoms with Gasteiger partial charge in [0, 0.05) is 34.6 Å². The number of hydrogen-bond acceptors (Lipinski definition) is 8. The molecule has 6 aromatic rings. The first kappa shape index (κ1) is 33.0. The molecule has 2 amide bonds. The summed E-state index contributed by atoms with van der Waals surface area (Å²) in [6.45, 7) is 10.6. The molecule has 0 aliphatic rings. The van der Waals surface area contributed by atoms with Gasteiger partial charge in [0.1, 0.15) is 35.6 Å². The largest absolute Gasteiger partial charge is 0.496 e. The minimum absolute atomic E-state index is 0.227. The summed E-state index contributed by atoms with van der Waals surface area (Å²) in [7, 11) is 1.65. The van der Waals surface area contributed by atoms with Crippen LogP contribution in [0.2, 0.25) is 0 Å². The fourth-order valence-electron chi connectivity index (χ4n) is 5.37. The van der Waals surface area contributed by atoms with Gasteiger partial charge in [-0.25, -0.2) is 19.4 Å². The number of amides is 2. The van der Waals surface area contributed by atoms with Gasteiger partial charge in [-0.15, -0.1) is 0 Å². The Balaban J connectivity index is 1.19. The summed E-state index contributed by atoms with van der Waals surface area (Å²) in [4.78, 5) is 26.7. The van der Waals surface area contributed by atoms with Gasteiger partial charge in [-0.3, -0.25) is 10.3 Å². The van der Waals surface area contributed by atoms with Crippen LogP contribution < -0.4 is 25.4 Å². The zero-order valence-corrected chi connectivity index (χ0v) is 28.5. The molecule has 11 heteroatoms. The molecule has 0 atom stereocenters. The van der Waals surface area contributed by atoms with E-state index in [1.165, 1.54) is 0 Å². The monoisotopic (exact) mass is 656 g/mol. The van der Waals surface area contributed by atoms with Gasteiger partial charge in [-0.1, -0.05) is 52.0 Å². The van der Waals surface area contributed by atoms with Crippen LogP contribution in [-0.2, 0) is 18.4 Å². The topological polar surface area (TPSA) is 128 Å². The number of carbonyl (C=O) groups excluding carboxylic acids is 1. The van der Waals surface area contributed by atoms with E-state index in [0.717, 1.165) is 51.1 Å². The fourth-order valence-corrected chi connectivity index (χ4v) is 5.37. The van der Waals surface area contributed by atoms with Gasteiger partial charge < -0.3 is 20.1 Å². The van der Waals surface area contributed by atoms with Crippen molar-refractivity contribution in [1.29, 1.82) is 0 Å². The Bertz CT molecular complexity index is 2120. The van der Waals surface area contributed by atoms with Crippen LogP contribution in [0.3, 0.4) is 0 Å². The van der Waals surface area contributed by atoms with Gasteiger partial charge in [0.2, 0.25) is 0 Å². The number of pyridine rings is 1. The minimum atomic E-state index is -0.392. The molecular formula is C38H40N8O3. The van der Waals surface area contributed by atoms with Crippen LogP contribution in [0.4, 0.5) is 27.9 Å². The van der Waals surface area contributed by atoms with Crippen molar-refractivity contribution in [1.82, 2.24) is 24.7 Å². The van der Waals surface area contributed by atoms with Crippen molar-refractivity contribution in [2.75, 3.05) is 23.1 Å². The molecule has 0 fully saturated rings. The number of nitrogens with one attached hydrogen (secondary N) is 3. The number of benzene rings is 3. The molecular weight excluding hydrogens is 616 g/mol. The molecule has 6 rings (SSSR count). The van der Waals surface area contributed by atoms with Crippen LogP contribution in [0.5, 0.6) is 11.5 Å². The maximum Gasteiger partial charge on any atom is 0.324 e. The average Bonchev–Trinajstić information content (AvgIpc) is 3.52. The SMILES string of the molecule is CCc1cncc(Nc2cc(COc3ccc(NC(=O)Nc4cc(C(C)(C)C)nn4-c4ccc(OC)c(C)c4)c4ccccc34)ccn2)n1. The number of methoxy groups -OCH3 is 1. The molecule has 0 saturated heterocycles. The Morgan fingerprint density at radius 1 is 0.898 bits per heavy atom. The van der Waals surface area contributed by atoms with Crippen molar-refractivity contribution >= 4 is 39.9 Å². The lowest BCUT2D eigenvalue weighted by molar-refractivity contribution is 0.262. The summed E-state index contributed by atoms with van der Waals surface area (Å²) in [6, 6.07) is 22.7. The minimum Gasteiger partial charge on any atom is -0.496 e. The molecule has 0 saturated carbocycles. The van der Waals surface area contributed by atoms with Gasteiger partial charge in [0.15, 0.2) is 0 Å². The number of nitrogens with zero attached hydrogens (tertiary/aromatic N) is 5. The molecule has 3 heterocycles. The van der Waals surface area contributed by atoms with E-state index in [1.54, 1.807) is 30.4 Å². The zero-order chi connectivity index (χ0) is 34.5. The van der Waals surface area contributed by atoms with E-state index >= 15 is 0 Å². The van der Waals surface area contributed by atoms with E-state index in [2.05, 4.69) is 51.7 Å². The molecule has 0 aliphatic carbocycles. The molecule has 0 spiro atoms. The van der Waals surface area contributed by atoms with Gasteiger partial charge in [0.25, 0.3) is 0 Å². The molecule has 3 N–H and O–H groups in total. The van der Waals surface area contributed by atoms with Crippen molar-refractivity contribution in [2.24, 2.45) is 0 Å². The van der Waals surface area contributed by atoms with E-state index < -0.39 is 6.03 Å². The average molecular weight is 657 g/mol. The molecule has 0 unspecified atom stereocenters. The zero-order valence-electron chi connectivity index (χ0n) is 28.5. The highest BCUT2D eigenvalue weighted by atomic mass is 16.5. The Morgan fingerprint density at radius 2 is 1.69 bits per heavy atom. The first-order valence-electron chi connectivity index (χ1n) is 16.1. The highest BCUT2D eigenvalue weighted by Crippen LogP contribution is 2.33. The number of rotatable bonds is 10. The Labute approximate surface area is 285 Å². The third-order valence-electron chi connectivity index (χ3n) is 8.00. The molecule has 250 valence electrons. The summed E-state index contributed by atoms with van der Waals surface area (Å²) >= 11 is 0. The predicted octanol–water partition coefficient (Wildman–Crippen LogP) is 8.35. The first-order chi connectivity index (χ1) is 23.6. The second kappa shape index (κ2) is 14.0. The lowest BCUT2D eigenvalue weighted by atomic mass is 9.92. The smallest absolute Gasteiger partial charge is 0.324 e. The highest BCUT2D eigenvalue weighted by molar-refractivity contribution is 6.07. The summed E-state index contributed by atoms with van der Waals surface area (Å²) in [6.07, 6.45) is 5.95. The fraction of sp³-hybridized carbons (Fsp3) is 0.237. The summed E-state index contributed by atoms with van der Waals surface area (Å²) in [5.74, 6) is 3.31. The van der Waals surface area contributed by atoms with E-state index in [1.807, 2.05) is 86.6 Å². The second-order valence-electron chi connectivity index (χ2n) is 12.7. The lowest BCUT2D eigenvalue weighted by Gasteiger charge is -2.15. The number of aryl methyl sites for hydroxylation is 2. The van der Waals surface area contributed by atoms with Gasteiger partial charge >= 0.3 is 6.03 Å². The quantitative estimate of drug-likeness (QED) is 0.134. The summed E-state index contributed by atoms with van der Waals surface area (Å²) in [5.41, 5.74) is 4.87. The van der Waals surface area contributed by atoms with Crippen LogP contribution in [0.15, 0.2) is 91.4 Å². The number of urea groups is 1. The Hall–Kier alpha value is -5.97. The Kier molecular flexibility index (Phi) is 9.43. The van der Waals surface area contributed by atoms with Crippen molar-refractivity contribution in [2.45, 2.75) is 53.1 Å². The number of carbonyl (C=O) groups is 1. The molecule has 0 radical (unpaired) electrons. The van der Waals surface area contributed by atoms with Crippen LogP contribution in [0.25, 0.3) is 16.5 Å². The van der Waals surface area contributed by atoms with E-state index in [9.17, 15) is 4.79 Å².